The summed E-state index contributed by atoms with van der Waals surface area (Å²) in [5.74, 6) is -0.442. The number of benzene rings is 1. The lowest BCUT2D eigenvalue weighted by Gasteiger charge is -2.19. The minimum absolute atomic E-state index is 0.0740. The number of aliphatic hydroxyl groups is 2. The van der Waals surface area contributed by atoms with E-state index in [1.54, 1.807) is 0 Å². The molecule has 2 atom stereocenters. The van der Waals surface area contributed by atoms with E-state index in [0.717, 1.165) is 0 Å². The molecular formula is C10H13ClFNO2. The van der Waals surface area contributed by atoms with E-state index in [4.69, 9.17) is 17.3 Å². The van der Waals surface area contributed by atoms with Crippen LogP contribution in [0.15, 0.2) is 18.2 Å². The molecule has 0 aliphatic rings. The van der Waals surface area contributed by atoms with Crippen LogP contribution >= 0.6 is 11.6 Å². The van der Waals surface area contributed by atoms with Gasteiger partial charge in [0.15, 0.2) is 0 Å². The lowest BCUT2D eigenvalue weighted by atomic mass is 10.0. The highest BCUT2D eigenvalue weighted by molar-refractivity contribution is 6.17. The highest BCUT2D eigenvalue weighted by Gasteiger charge is 2.23. The number of hydrogen-bond acceptors (Lipinski definition) is 3. The first-order valence-corrected chi connectivity index (χ1v) is 5.07. The number of rotatable bonds is 4. The van der Waals surface area contributed by atoms with Gasteiger partial charge in [-0.2, -0.15) is 0 Å². The molecule has 1 aromatic carbocycles. The Labute approximate surface area is 92.3 Å². The maximum atomic E-state index is 13.3. The maximum Gasteiger partial charge on any atom is 0.131 e. The molecule has 1 aromatic rings. The van der Waals surface area contributed by atoms with Crippen molar-refractivity contribution in [2.75, 3.05) is 11.6 Å². The van der Waals surface area contributed by atoms with Crippen LogP contribution in [0.3, 0.4) is 0 Å². The van der Waals surface area contributed by atoms with Gasteiger partial charge in [-0.3, -0.25) is 0 Å². The maximum absolute atomic E-state index is 13.3. The first kappa shape index (κ1) is 12.2. The van der Waals surface area contributed by atoms with Gasteiger partial charge < -0.3 is 15.9 Å². The molecule has 0 aliphatic heterocycles. The van der Waals surface area contributed by atoms with Crippen LogP contribution in [-0.4, -0.2) is 22.2 Å². The molecule has 0 bridgehead atoms. The molecular weight excluding hydrogens is 221 g/mol. The first-order valence-electron chi connectivity index (χ1n) is 4.54. The monoisotopic (exact) mass is 233 g/mol. The van der Waals surface area contributed by atoms with Crippen molar-refractivity contribution >= 4 is 17.3 Å². The second-order valence-corrected chi connectivity index (χ2v) is 3.61. The zero-order valence-electron chi connectivity index (χ0n) is 8.03. The summed E-state index contributed by atoms with van der Waals surface area (Å²) in [5.41, 5.74) is 5.56. The summed E-state index contributed by atoms with van der Waals surface area (Å²) in [5, 5.41) is 19.1. The van der Waals surface area contributed by atoms with Gasteiger partial charge in [-0.05, 0) is 18.6 Å². The summed E-state index contributed by atoms with van der Waals surface area (Å²) >= 11 is 5.41. The van der Waals surface area contributed by atoms with Gasteiger partial charge >= 0.3 is 0 Å². The Kier molecular flexibility index (Phi) is 4.32. The molecule has 0 saturated heterocycles. The number of anilines is 1. The third-order valence-corrected chi connectivity index (χ3v) is 2.37. The summed E-state index contributed by atoms with van der Waals surface area (Å²) in [6, 6.07) is 4.09. The van der Waals surface area contributed by atoms with Gasteiger partial charge in [0, 0.05) is 17.1 Å². The third-order valence-electron chi connectivity index (χ3n) is 2.15. The van der Waals surface area contributed by atoms with Crippen LogP contribution in [0.1, 0.15) is 18.1 Å². The zero-order valence-corrected chi connectivity index (χ0v) is 8.78. The fraction of sp³-hybridized carbons (Fsp3) is 0.400. The number of hydrogen-bond donors (Lipinski definition) is 3. The van der Waals surface area contributed by atoms with E-state index in [9.17, 15) is 14.6 Å². The van der Waals surface area contributed by atoms with E-state index < -0.39 is 18.0 Å². The van der Waals surface area contributed by atoms with Crippen molar-refractivity contribution < 1.29 is 14.6 Å². The molecule has 0 radical (unpaired) electrons. The summed E-state index contributed by atoms with van der Waals surface area (Å²) in [4.78, 5) is 0. The lowest BCUT2D eigenvalue weighted by Crippen LogP contribution is -2.21. The minimum atomic E-state index is -1.34. The molecule has 2 unspecified atom stereocenters. The Hall–Kier alpha value is -0.840. The summed E-state index contributed by atoms with van der Waals surface area (Å²) in [7, 11) is 0. The minimum Gasteiger partial charge on any atom is -0.398 e. The van der Waals surface area contributed by atoms with Gasteiger partial charge in [0.2, 0.25) is 0 Å². The average molecular weight is 234 g/mol. The Balaban J connectivity index is 2.94. The van der Waals surface area contributed by atoms with Crippen molar-refractivity contribution in [3.8, 4) is 0 Å². The molecule has 0 heterocycles. The summed E-state index contributed by atoms with van der Waals surface area (Å²) in [6.45, 7) is 0. The normalized spacial score (nSPS) is 14.9. The fourth-order valence-corrected chi connectivity index (χ4v) is 1.55. The fourth-order valence-electron chi connectivity index (χ4n) is 1.33. The number of nitrogen functional groups attached to an aromatic ring is 1. The molecule has 0 saturated carbocycles. The number of aliphatic hydroxyl groups excluding tert-OH is 2. The Morgan fingerprint density at radius 3 is 2.60 bits per heavy atom. The molecule has 5 heteroatoms. The second-order valence-electron chi connectivity index (χ2n) is 3.23. The largest absolute Gasteiger partial charge is 0.398 e. The van der Waals surface area contributed by atoms with E-state index in [1.807, 2.05) is 0 Å². The van der Waals surface area contributed by atoms with E-state index in [-0.39, 0.29) is 23.6 Å². The van der Waals surface area contributed by atoms with E-state index in [1.165, 1.54) is 18.2 Å². The van der Waals surface area contributed by atoms with Crippen LogP contribution in [0.5, 0.6) is 0 Å². The third kappa shape index (κ3) is 2.81. The Morgan fingerprint density at radius 1 is 1.40 bits per heavy atom. The van der Waals surface area contributed by atoms with Gasteiger partial charge in [0.05, 0.1) is 6.10 Å². The van der Waals surface area contributed by atoms with Gasteiger partial charge in [-0.25, -0.2) is 4.39 Å². The first-order chi connectivity index (χ1) is 7.07. The van der Waals surface area contributed by atoms with Crippen molar-refractivity contribution in [1.29, 1.82) is 0 Å². The van der Waals surface area contributed by atoms with Crippen molar-refractivity contribution in [2.24, 2.45) is 0 Å². The van der Waals surface area contributed by atoms with Crippen LogP contribution in [-0.2, 0) is 0 Å². The predicted octanol–water partition coefficient (Wildman–Crippen LogP) is 1.43. The number of halogens is 2. The molecule has 84 valence electrons. The van der Waals surface area contributed by atoms with Crippen LogP contribution in [0.4, 0.5) is 10.1 Å². The quantitative estimate of drug-likeness (QED) is 0.545. The van der Waals surface area contributed by atoms with Gasteiger partial charge in [0.1, 0.15) is 11.9 Å². The summed E-state index contributed by atoms with van der Waals surface area (Å²) in [6.07, 6.45) is -2.28. The second kappa shape index (κ2) is 5.30. The molecule has 15 heavy (non-hydrogen) atoms. The molecule has 4 N–H and O–H groups in total. The smallest absolute Gasteiger partial charge is 0.131 e. The Bertz CT molecular complexity index is 315. The molecule has 0 amide bonds. The van der Waals surface area contributed by atoms with Crippen molar-refractivity contribution in [1.82, 2.24) is 0 Å². The van der Waals surface area contributed by atoms with Crippen molar-refractivity contribution in [3.63, 3.8) is 0 Å². The van der Waals surface area contributed by atoms with E-state index in [0.29, 0.717) is 0 Å². The molecule has 0 aliphatic carbocycles. The Morgan fingerprint density at radius 2 is 2.07 bits per heavy atom. The SMILES string of the molecule is Nc1cccc(F)c1C(O)C(O)CCCl. The highest BCUT2D eigenvalue weighted by atomic mass is 35.5. The van der Waals surface area contributed by atoms with Crippen LogP contribution in [0.2, 0.25) is 0 Å². The van der Waals surface area contributed by atoms with Crippen molar-refractivity contribution in [3.05, 3.63) is 29.6 Å². The van der Waals surface area contributed by atoms with Crippen LogP contribution in [0, 0.1) is 5.82 Å². The van der Waals surface area contributed by atoms with Gasteiger partial charge in [0.25, 0.3) is 0 Å². The van der Waals surface area contributed by atoms with Crippen LogP contribution < -0.4 is 5.73 Å². The molecule has 0 aromatic heterocycles. The van der Waals surface area contributed by atoms with Gasteiger partial charge in [-0.1, -0.05) is 6.07 Å². The predicted molar refractivity (Wildman–Crippen MR) is 57.1 cm³/mol. The lowest BCUT2D eigenvalue weighted by molar-refractivity contribution is 0.0154. The number of nitrogens with two attached hydrogens (primary N) is 1. The average Bonchev–Trinajstić information content (AvgIpc) is 2.17. The molecule has 0 spiro atoms. The van der Waals surface area contributed by atoms with E-state index in [2.05, 4.69) is 0 Å². The molecule has 3 nitrogen and oxygen atoms in total. The number of alkyl halides is 1. The summed E-state index contributed by atoms with van der Waals surface area (Å²) < 4.78 is 13.3. The standard InChI is InChI=1S/C10H13ClFNO2/c11-5-4-8(14)10(15)9-6(12)2-1-3-7(9)13/h1-3,8,10,14-15H,4-5,13H2. The highest BCUT2D eigenvalue weighted by Crippen LogP contribution is 2.27. The van der Waals surface area contributed by atoms with E-state index >= 15 is 0 Å². The van der Waals surface area contributed by atoms with Crippen molar-refractivity contribution in [2.45, 2.75) is 18.6 Å². The molecule has 1 rings (SSSR count). The molecule has 0 fully saturated rings. The van der Waals surface area contributed by atoms with Crippen LogP contribution in [0.25, 0.3) is 0 Å². The van der Waals surface area contributed by atoms with Gasteiger partial charge in [-0.15, -0.1) is 11.6 Å². The topological polar surface area (TPSA) is 66.5 Å². The zero-order chi connectivity index (χ0) is 11.4.